The second kappa shape index (κ2) is 11.1. The molecule has 0 atom stereocenters. The Morgan fingerprint density at radius 1 is 1.06 bits per heavy atom. The SMILES string of the molecule is O=C(CCCSc1nc2ccccc2c(=O)n1-c1cccc(Cl)c1)NCCc1ccccn1. The summed E-state index contributed by atoms with van der Waals surface area (Å²) in [5, 5.41) is 4.61. The van der Waals surface area contributed by atoms with Crippen LogP contribution in [0.1, 0.15) is 18.5 Å². The molecule has 2 aromatic carbocycles. The van der Waals surface area contributed by atoms with Crippen molar-refractivity contribution in [3.8, 4) is 5.69 Å². The molecule has 2 aromatic heterocycles. The highest BCUT2D eigenvalue weighted by molar-refractivity contribution is 7.99. The van der Waals surface area contributed by atoms with Crippen LogP contribution in [0, 0.1) is 0 Å². The minimum atomic E-state index is -0.141. The number of para-hydroxylation sites is 1. The molecule has 1 N–H and O–H groups in total. The second-order valence-corrected chi connectivity index (χ2v) is 8.90. The molecule has 0 aliphatic carbocycles. The monoisotopic (exact) mass is 478 g/mol. The molecule has 0 saturated heterocycles. The summed E-state index contributed by atoms with van der Waals surface area (Å²) in [5.41, 5.74) is 2.13. The van der Waals surface area contributed by atoms with E-state index in [9.17, 15) is 9.59 Å². The molecule has 0 aliphatic heterocycles. The Kier molecular flexibility index (Phi) is 7.75. The van der Waals surface area contributed by atoms with Gasteiger partial charge in [-0.15, -0.1) is 0 Å². The zero-order valence-corrected chi connectivity index (χ0v) is 19.5. The van der Waals surface area contributed by atoms with Gasteiger partial charge in [-0.25, -0.2) is 4.98 Å². The maximum atomic E-state index is 13.2. The van der Waals surface area contributed by atoms with E-state index in [1.165, 1.54) is 11.8 Å². The molecule has 33 heavy (non-hydrogen) atoms. The molecule has 168 valence electrons. The summed E-state index contributed by atoms with van der Waals surface area (Å²) in [6, 6.07) is 20.2. The van der Waals surface area contributed by atoms with Gasteiger partial charge in [0.2, 0.25) is 5.91 Å². The summed E-state index contributed by atoms with van der Waals surface area (Å²) in [4.78, 5) is 34.4. The zero-order valence-electron chi connectivity index (χ0n) is 17.9. The molecule has 0 spiro atoms. The standard InChI is InChI=1S/C25H23ClN4O2S/c26-18-7-5-9-20(17-18)30-24(32)21-10-1-2-11-22(21)29-25(30)33-16-6-12-23(31)28-15-13-19-8-3-4-14-27-19/h1-5,7-11,14,17H,6,12-13,15-16H2,(H,28,31). The van der Waals surface area contributed by atoms with Crippen LogP contribution in [0.3, 0.4) is 0 Å². The van der Waals surface area contributed by atoms with Gasteiger partial charge in [-0.05, 0) is 48.9 Å². The molecule has 0 unspecified atom stereocenters. The topological polar surface area (TPSA) is 76.9 Å². The van der Waals surface area contributed by atoms with Crippen molar-refractivity contribution < 1.29 is 4.79 Å². The van der Waals surface area contributed by atoms with Crippen molar-refractivity contribution in [1.82, 2.24) is 19.9 Å². The highest BCUT2D eigenvalue weighted by Crippen LogP contribution is 2.23. The number of hydrogen-bond donors (Lipinski definition) is 1. The van der Waals surface area contributed by atoms with Crippen LogP contribution in [-0.4, -0.2) is 32.7 Å². The minimum absolute atomic E-state index is 0.00485. The van der Waals surface area contributed by atoms with Gasteiger partial charge in [0.05, 0.1) is 16.6 Å². The number of nitrogens with one attached hydrogen (secondary N) is 1. The molecule has 0 saturated carbocycles. The van der Waals surface area contributed by atoms with Crippen molar-refractivity contribution in [2.45, 2.75) is 24.4 Å². The fraction of sp³-hybridized carbons (Fsp3) is 0.200. The van der Waals surface area contributed by atoms with Crippen molar-refractivity contribution in [3.05, 3.63) is 94.0 Å². The van der Waals surface area contributed by atoms with Gasteiger partial charge >= 0.3 is 0 Å². The molecule has 0 radical (unpaired) electrons. The number of thioether (sulfide) groups is 1. The van der Waals surface area contributed by atoms with Crippen LogP contribution in [0.25, 0.3) is 16.6 Å². The number of nitrogens with zero attached hydrogens (tertiary/aromatic N) is 3. The second-order valence-electron chi connectivity index (χ2n) is 7.41. The first-order valence-corrected chi connectivity index (χ1v) is 12.1. The molecule has 6 nitrogen and oxygen atoms in total. The summed E-state index contributed by atoms with van der Waals surface area (Å²) in [7, 11) is 0. The lowest BCUT2D eigenvalue weighted by Gasteiger charge is -2.13. The first-order chi connectivity index (χ1) is 16.1. The molecule has 1 amide bonds. The van der Waals surface area contributed by atoms with E-state index in [4.69, 9.17) is 16.6 Å². The molecule has 0 bridgehead atoms. The molecule has 0 fully saturated rings. The van der Waals surface area contributed by atoms with Crippen molar-refractivity contribution in [2.75, 3.05) is 12.3 Å². The number of carbonyl (C=O) groups is 1. The third-order valence-electron chi connectivity index (χ3n) is 5.02. The molecule has 2 heterocycles. The lowest BCUT2D eigenvalue weighted by atomic mass is 10.2. The van der Waals surface area contributed by atoms with E-state index in [0.717, 1.165) is 5.69 Å². The lowest BCUT2D eigenvalue weighted by Crippen LogP contribution is -2.25. The number of pyridine rings is 1. The third-order valence-corrected chi connectivity index (χ3v) is 6.28. The Hall–Kier alpha value is -3.16. The van der Waals surface area contributed by atoms with E-state index in [2.05, 4.69) is 10.3 Å². The minimum Gasteiger partial charge on any atom is -0.356 e. The largest absolute Gasteiger partial charge is 0.356 e. The summed E-state index contributed by atoms with van der Waals surface area (Å²) in [5.74, 6) is 0.657. The van der Waals surface area contributed by atoms with E-state index in [0.29, 0.717) is 58.3 Å². The predicted octanol–water partition coefficient (Wildman–Crippen LogP) is 4.67. The number of rotatable bonds is 9. The first-order valence-electron chi connectivity index (χ1n) is 10.7. The Balaban J connectivity index is 1.40. The van der Waals surface area contributed by atoms with Crippen molar-refractivity contribution in [3.63, 3.8) is 0 Å². The van der Waals surface area contributed by atoms with Crippen molar-refractivity contribution >= 4 is 40.2 Å². The quantitative estimate of drug-likeness (QED) is 0.215. The lowest BCUT2D eigenvalue weighted by molar-refractivity contribution is -0.121. The van der Waals surface area contributed by atoms with Crippen molar-refractivity contribution in [1.29, 1.82) is 0 Å². The summed E-state index contributed by atoms with van der Waals surface area (Å²) >= 11 is 7.63. The van der Waals surface area contributed by atoms with Crippen molar-refractivity contribution in [2.24, 2.45) is 0 Å². The highest BCUT2D eigenvalue weighted by atomic mass is 35.5. The average Bonchev–Trinajstić information content (AvgIpc) is 2.83. The van der Waals surface area contributed by atoms with Gasteiger partial charge < -0.3 is 5.32 Å². The van der Waals surface area contributed by atoms with Crippen LogP contribution in [0.4, 0.5) is 0 Å². The average molecular weight is 479 g/mol. The molecular formula is C25H23ClN4O2S. The number of carbonyl (C=O) groups excluding carboxylic acids is 1. The third kappa shape index (κ3) is 6.00. The number of hydrogen-bond acceptors (Lipinski definition) is 5. The predicted molar refractivity (Wildman–Crippen MR) is 133 cm³/mol. The summed E-state index contributed by atoms with van der Waals surface area (Å²) < 4.78 is 1.59. The van der Waals surface area contributed by atoms with Crippen LogP contribution >= 0.6 is 23.4 Å². The van der Waals surface area contributed by atoms with E-state index >= 15 is 0 Å². The summed E-state index contributed by atoms with van der Waals surface area (Å²) in [6.07, 6.45) is 3.52. The Morgan fingerprint density at radius 3 is 2.73 bits per heavy atom. The van der Waals surface area contributed by atoms with Crippen LogP contribution < -0.4 is 10.9 Å². The fourth-order valence-electron chi connectivity index (χ4n) is 3.41. The Labute approximate surface area is 201 Å². The number of fused-ring (bicyclic) bond motifs is 1. The Morgan fingerprint density at radius 2 is 1.91 bits per heavy atom. The normalized spacial score (nSPS) is 10.9. The van der Waals surface area contributed by atoms with E-state index in [1.54, 1.807) is 29.0 Å². The van der Waals surface area contributed by atoms with Crippen LogP contribution in [0.2, 0.25) is 5.02 Å². The smallest absolute Gasteiger partial charge is 0.266 e. The van der Waals surface area contributed by atoms with Gasteiger partial charge in [0.25, 0.3) is 5.56 Å². The fourth-order valence-corrected chi connectivity index (χ4v) is 4.55. The molecule has 4 aromatic rings. The van der Waals surface area contributed by atoms with Gasteiger partial charge in [0.1, 0.15) is 0 Å². The zero-order chi connectivity index (χ0) is 23.0. The number of benzene rings is 2. The highest BCUT2D eigenvalue weighted by Gasteiger charge is 2.14. The van der Waals surface area contributed by atoms with Gasteiger partial charge in [0.15, 0.2) is 5.16 Å². The summed E-state index contributed by atoms with van der Waals surface area (Å²) in [6.45, 7) is 0.559. The van der Waals surface area contributed by atoms with E-state index in [-0.39, 0.29) is 11.5 Å². The van der Waals surface area contributed by atoms with E-state index in [1.807, 2.05) is 48.5 Å². The van der Waals surface area contributed by atoms with Gasteiger partial charge in [-0.1, -0.05) is 47.6 Å². The first kappa shape index (κ1) is 23.0. The number of halogens is 1. The van der Waals surface area contributed by atoms with Gasteiger partial charge in [-0.3, -0.25) is 19.1 Å². The maximum Gasteiger partial charge on any atom is 0.266 e. The van der Waals surface area contributed by atoms with Crippen LogP contribution in [-0.2, 0) is 11.2 Å². The van der Waals surface area contributed by atoms with Gasteiger partial charge in [0, 0.05) is 42.1 Å². The van der Waals surface area contributed by atoms with E-state index < -0.39 is 0 Å². The Bertz CT molecular complexity index is 1310. The molecule has 4 rings (SSSR count). The molecular weight excluding hydrogens is 456 g/mol. The van der Waals surface area contributed by atoms with Crippen LogP contribution in [0.5, 0.6) is 0 Å². The molecule has 8 heteroatoms. The van der Waals surface area contributed by atoms with Gasteiger partial charge in [-0.2, -0.15) is 0 Å². The van der Waals surface area contributed by atoms with Crippen LogP contribution in [0.15, 0.2) is 82.9 Å². The maximum absolute atomic E-state index is 13.2. The number of amides is 1. The number of aromatic nitrogens is 3. The molecule has 0 aliphatic rings.